The van der Waals surface area contributed by atoms with Gasteiger partial charge in [0.1, 0.15) is 23.5 Å². The predicted octanol–water partition coefficient (Wildman–Crippen LogP) is 14.1. The SMILES string of the molecule is CC(C)(C)c1cc2cc(c1)-c1cc(C(C)(C)C)cc3c1[nH]c1c(cc(C(C)(C)C)cc13)-c1cc(-c3ccccc3)c(C#N)c(n1)-c1nc-2cc(-c2ccccc2)c1C#N. The Labute approximate surface area is 347 Å². The van der Waals surface area contributed by atoms with Gasteiger partial charge in [-0.1, -0.05) is 129 Å². The summed E-state index contributed by atoms with van der Waals surface area (Å²) >= 11 is 0. The summed E-state index contributed by atoms with van der Waals surface area (Å²) < 4.78 is 0. The fourth-order valence-corrected chi connectivity index (χ4v) is 8.40. The number of benzene rings is 5. The number of hydrogen-bond acceptors (Lipinski definition) is 4. The highest BCUT2D eigenvalue weighted by atomic mass is 14.8. The molecule has 5 nitrogen and oxygen atoms in total. The van der Waals surface area contributed by atoms with Crippen molar-refractivity contribution in [3.63, 3.8) is 0 Å². The van der Waals surface area contributed by atoms with Gasteiger partial charge in [-0.15, -0.1) is 0 Å². The van der Waals surface area contributed by atoms with E-state index in [1.165, 1.54) is 11.1 Å². The molecule has 1 N–H and O–H groups in total. The molecule has 0 fully saturated rings. The van der Waals surface area contributed by atoms with Crippen LogP contribution in [0.15, 0.2) is 115 Å². The molecule has 8 bridgehead atoms. The Morgan fingerprint density at radius 3 is 1.34 bits per heavy atom. The fraction of sp³-hybridized carbons (Fsp3) is 0.222. The molecule has 4 heterocycles. The maximum absolute atomic E-state index is 11.2. The van der Waals surface area contributed by atoms with Crippen molar-refractivity contribution in [2.45, 2.75) is 78.6 Å². The summed E-state index contributed by atoms with van der Waals surface area (Å²) in [7, 11) is 0. The van der Waals surface area contributed by atoms with Crippen molar-refractivity contribution >= 4 is 21.8 Å². The van der Waals surface area contributed by atoms with Crippen LogP contribution in [0.3, 0.4) is 0 Å². The molecule has 59 heavy (non-hydrogen) atoms. The highest BCUT2D eigenvalue weighted by Gasteiger charge is 2.29. The van der Waals surface area contributed by atoms with Crippen LogP contribution in [0.25, 0.3) is 89.1 Å². The second-order valence-electron chi connectivity index (χ2n) is 19.1. The summed E-state index contributed by atoms with van der Waals surface area (Å²) in [5, 5.41) is 24.6. The Balaban J connectivity index is 1.57. The molecule has 1 aliphatic rings. The molecule has 0 atom stereocenters. The molecule has 0 spiro atoms. The monoisotopic (exact) mass is 765 g/mol. The van der Waals surface area contributed by atoms with E-state index in [-0.39, 0.29) is 16.2 Å². The third kappa shape index (κ3) is 6.39. The second-order valence-corrected chi connectivity index (χ2v) is 19.1. The molecule has 0 saturated carbocycles. The van der Waals surface area contributed by atoms with Crippen LogP contribution in [0.2, 0.25) is 0 Å². The van der Waals surface area contributed by atoms with Crippen LogP contribution in [0, 0.1) is 22.7 Å². The van der Waals surface area contributed by atoms with Gasteiger partial charge in [0.25, 0.3) is 0 Å². The quantitative estimate of drug-likeness (QED) is 0.190. The molecular weight excluding hydrogens is 719 g/mol. The van der Waals surface area contributed by atoms with E-state index in [0.717, 1.165) is 71.9 Å². The number of aromatic nitrogens is 3. The van der Waals surface area contributed by atoms with E-state index in [2.05, 4.69) is 122 Å². The third-order valence-corrected chi connectivity index (χ3v) is 11.9. The van der Waals surface area contributed by atoms with Crippen molar-refractivity contribution in [2.24, 2.45) is 0 Å². The first-order chi connectivity index (χ1) is 28.0. The van der Waals surface area contributed by atoms with Gasteiger partial charge in [-0.3, -0.25) is 0 Å². The molecule has 5 heteroatoms. The number of hydrogen-bond donors (Lipinski definition) is 1. The molecule has 5 aromatic carbocycles. The van der Waals surface area contributed by atoms with Crippen LogP contribution in [0.4, 0.5) is 0 Å². The zero-order valence-corrected chi connectivity index (χ0v) is 35.3. The fourth-order valence-electron chi connectivity index (χ4n) is 8.40. The van der Waals surface area contributed by atoms with Gasteiger partial charge < -0.3 is 4.98 Å². The number of nitriles is 2. The zero-order chi connectivity index (χ0) is 41.6. The van der Waals surface area contributed by atoms with Crippen molar-refractivity contribution in [3.8, 4) is 79.4 Å². The van der Waals surface area contributed by atoms with Gasteiger partial charge in [-0.25, -0.2) is 9.97 Å². The van der Waals surface area contributed by atoms with E-state index in [1.54, 1.807) is 0 Å². The highest BCUT2D eigenvalue weighted by molar-refractivity contribution is 6.16. The van der Waals surface area contributed by atoms with Crippen LogP contribution in [-0.4, -0.2) is 15.0 Å². The first-order valence-corrected chi connectivity index (χ1v) is 20.4. The first-order valence-electron chi connectivity index (χ1n) is 20.4. The molecule has 288 valence electrons. The van der Waals surface area contributed by atoms with Crippen molar-refractivity contribution in [1.29, 1.82) is 10.5 Å². The zero-order valence-electron chi connectivity index (χ0n) is 35.3. The Morgan fingerprint density at radius 1 is 0.424 bits per heavy atom. The minimum atomic E-state index is -0.196. The molecule has 0 radical (unpaired) electrons. The standard InChI is InChI=1S/C54H47N5/c1-52(2,3)35-21-33-20-34(22-35)46-27-38(31-16-12-10-13-17-31)44(29-55)50(57-46)51-45(30-56)39(32-18-14-11-15-19-32)28-47(58-51)43-26-37(54(7,8)9)25-42-41-24-36(53(4,5)6)23-40(33)48(41)59-49(42)43/h10-28,59H,1-9H3. The molecule has 0 unspecified atom stereocenters. The minimum absolute atomic E-state index is 0.132. The van der Waals surface area contributed by atoms with Gasteiger partial charge in [0.15, 0.2) is 0 Å². The number of nitrogens with zero attached hydrogens (tertiary/aromatic N) is 4. The molecule has 0 saturated heterocycles. The summed E-state index contributed by atoms with van der Waals surface area (Å²) in [5.74, 6) is 0. The lowest BCUT2D eigenvalue weighted by Gasteiger charge is -2.24. The van der Waals surface area contributed by atoms with Crippen LogP contribution in [-0.2, 0) is 16.2 Å². The summed E-state index contributed by atoms with van der Waals surface area (Å²) in [6, 6.07) is 45.3. The highest BCUT2D eigenvalue weighted by Crippen LogP contribution is 2.46. The van der Waals surface area contributed by atoms with Crippen LogP contribution in [0.5, 0.6) is 0 Å². The topological polar surface area (TPSA) is 89.2 Å². The summed E-state index contributed by atoms with van der Waals surface area (Å²) in [6.07, 6.45) is 0. The lowest BCUT2D eigenvalue weighted by Crippen LogP contribution is -2.12. The minimum Gasteiger partial charge on any atom is -0.353 e. The van der Waals surface area contributed by atoms with Crippen molar-refractivity contribution in [2.75, 3.05) is 0 Å². The maximum atomic E-state index is 11.2. The number of fused-ring (bicyclic) bond motifs is 11. The number of nitrogens with one attached hydrogen (secondary N) is 1. The Kier molecular flexibility index (Phi) is 8.55. The van der Waals surface area contributed by atoms with E-state index < -0.39 is 0 Å². The van der Waals surface area contributed by atoms with Gasteiger partial charge in [0, 0.05) is 38.6 Å². The molecule has 0 amide bonds. The molecule has 3 aromatic heterocycles. The van der Waals surface area contributed by atoms with Crippen LogP contribution in [0.1, 0.15) is 90.1 Å². The van der Waals surface area contributed by atoms with Gasteiger partial charge in [-0.05, 0) is 98.2 Å². The number of pyridine rings is 2. The molecule has 8 aromatic rings. The van der Waals surface area contributed by atoms with E-state index in [0.29, 0.717) is 33.9 Å². The van der Waals surface area contributed by atoms with Crippen LogP contribution >= 0.6 is 0 Å². The van der Waals surface area contributed by atoms with Crippen molar-refractivity contribution in [1.82, 2.24) is 15.0 Å². The first kappa shape index (κ1) is 37.7. The Bertz CT molecular complexity index is 3100. The summed E-state index contributed by atoms with van der Waals surface area (Å²) in [4.78, 5) is 14.9. The molecule has 1 aliphatic heterocycles. The van der Waals surface area contributed by atoms with Crippen molar-refractivity contribution < 1.29 is 0 Å². The van der Waals surface area contributed by atoms with Gasteiger partial charge >= 0.3 is 0 Å². The van der Waals surface area contributed by atoms with Crippen molar-refractivity contribution in [3.05, 3.63) is 143 Å². The normalized spacial score (nSPS) is 12.5. The van der Waals surface area contributed by atoms with E-state index in [9.17, 15) is 10.5 Å². The van der Waals surface area contributed by atoms with E-state index in [1.807, 2.05) is 72.8 Å². The summed E-state index contributed by atoms with van der Waals surface area (Å²) in [5.41, 5.74) is 15.3. The largest absolute Gasteiger partial charge is 0.353 e. The van der Waals surface area contributed by atoms with Gasteiger partial charge in [-0.2, -0.15) is 10.5 Å². The second kappa shape index (κ2) is 13.4. The Morgan fingerprint density at radius 2 is 0.847 bits per heavy atom. The lowest BCUT2D eigenvalue weighted by atomic mass is 9.81. The van der Waals surface area contributed by atoms with E-state index >= 15 is 0 Å². The van der Waals surface area contributed by atoms with Gasteiger partial charge in [0.2, 0.25) is 0 Å². The van der Waals surface area contributed by atoms with E-state index in [4.69, 9.17) is 9.97 Å². The summed E-state index contributed by atoms with van der Waals surface area (Å²) in [6.45, 7) is 20.3. The van der Waals surface area contributed by atoms with Crippen LogP contribution < -0.4 is 0 Å². The predicted molar refractivity (Wildman–Crippen MR) is 243 cm³/mol. The third-order valence-electron chi connectivity index (χ3n) is 11.9. The average molecular weight is 766 g/mol. The van der Waals surface area contributed by atoms with Gasteiger partial charge in [0.05, 0.1) is 33.5 Å². The molecule has 9 rings (SSSR count). The number of rotatable bonds is 2. The maximum Gasteiger partial charge on any atom is 0.109 e. The number of H-pyrrole nitrogens is 1. The lowest BCUT2D eigenvalue weighted by molar-refractivity contribution is 0.590. The Hall–Kier alpha value is -6.82. The molecular formula is C54H47N5. The smallest absolute Gasteiger partial charge is 0.109 e. The molecule has 0 aliphatic carbocycles. The number of aromatic amines is 1. The average Bonchev–Trinajstić information content (AvgIpc) is 3.60.